The Balaban J connectivity index is 1.66. The normalized spacial score (nSPS) is 14.5. The molecule has 5 rings (SSSR count). The molecule has 2 aromatic carbocycles. The summed E-state index contributed by atoms with van der Waals surface area (Å²) in [6.45, 7) is 3.14. The van der Waals surface area contributed by atoms with Crippen molar-refractivity contribution in [3.8, 4) is 28.1 Å². The maximum Gasteiger partial charge on any atom is 0.266 e. The summed E-state index contributed by atoms with van der Waals surface area (Å²) >= 11 is 1.39. The predicted molar refractivity (Wildman–Crippen MR) is 135 cm³/mol. The van der Waals surface area contributed by atoms with Crippen LogP contribution < -0.4 is 10.5 Å². The van der Waals surface area contributed by atoms with Gasteiger partial charge in [0.15, 0.2) is 0 Å². The average Bonchev–Trinajstić information content (AvgIpc) is 3.20. The van der Waals surface area contributed by atoms with Crippen LogP contribution in [0, 0.1) is 0 Å². The average molecular weight is 459 g/mol. The van der Waals surface area contributed by atoms with Gasteiger partial charge in [-0.1, -0.05) is 42.5 Å². The topological polar surface area (TPSA) is 71.7 Å². The number of benzene rings is 2. The van der Waals surface area contributed by atoms with Crippen molar-refractivity contribution in [3.63, 3.8) is 0 Å². The number of nitrogen functional groups attached to an aromatic ring is 1. The van der Waals surface area contributed by atoms with Crippen LogP contribution in [-0.2, 0) is 0 Å². The molecule has 4 aromatic rings. The van der Waals surface area contributed by atoms with Gasteiger partial charge in [0.25, 0.3) is 5.91 Å². The maximum absolute atomic E-state index is 13.4. The number of thiophene rings is 1. The lowest BCUT2D eigenvalue weighted by Crippen LogP contribution is -2.47. The number of carbonyl (C=O) groups is 1. The molecule has 1 amide bonds. The van der Waals surface area contributed by atoms with Gasteiger partial charge in [-0.05, 0) is 36.4 Å². The van der Waals surface area contributed by atoms with Crippen LogP contribution in [0.1, 0.15) is 9.67 Å². The zero-order valence-corrected chi connectivity index (χ0v) is 19.6. The number of anilines is 1. The van der Waals surface area contributed by atoms with Crippen LogP contribution in [0.5, 0.6) is 5.75 Å². The van der Waals surface area contributed by atoms with E-state index in [2.05, 4.69) is 18.0 Å². The molecule has 0 radical (unpaired) electrons. The van der Waals surface area contributed by atoms with E-state index in [0.717, 1.165) is 51.4 Å². The number of nitrogens with zero attached hydrogens (tertiary/aromatic N) is 3. The van der Waals surface area contributed by atoms with E-state index in [4.69, 9.17) is 15.5 Å². The molecule has 33 heavy (non-hydrogen) atoms. The van der Waals surface area contributed by atoms with Crippen LogP contribution in [-0.4, -0.2) is 61.0 Å². The fourth-order valence-electron chi connectivity index (χ4n) is 4.19. The molecule has 6 nitrogen and oxygen atoms in total. The lowest BCUT2D eigenvalue weighted by Gasteiger charge is -2.32. The van der Waals surface area contributed by atoms with Crippen LogP contribution in [0.15, 0.2) is 60.7 Å². The highest BCUT2D eigenvalue weighted by Gasteiger charge is 2.27. The Morgan fingerprint density at radius 1 is 1.00 bits per heavy atom. The first-order valence-electron chi connectivity index (χ1n) is 11.0. The van der Waals surface area contributed by atoms with Crippen LogP contribution in [0.3, 0.4) is 0 Å². The number of amides is 1. The van der Waals surface area contributed by atoms with Crippen molar-refractivity contribution in [2.45, 2.75) is 0 Å². The number of aromatic nitrogens is 1. The standard InChI is InChI=1S/C26H26N4O2S/c1-29-12-14-30(15-13-29)26(31)24-23(27)22-20(17-8-10-19(32-2)11-9-17)16-21(28-25(22)33-24)18-6-4-3-5-7-18/h3-11,16H,12-15,27H2,1-2H3. The summed E-state index contributed by atoms with van der Waals surface area (Å²) in [6.07, 6.45) is 0. The smallest absolute Gasteiger partial charge is 0.266 e. The quantitative estimate of drug-likeness (QED) is 0.484. The Morgan fingerprint density at radius 3 is 2.36 bits per heavy atom. The van der Waals surface area contributed by atoms with Gasteiger partial charge in [0, 0.05) is 37.1 Å². The molecule has 0 bridgehead atoms. The van der Waals surface area contributed by atoms with Gasteiger partial charge >= 0.3 is 0 Å². The van der Waals surface area contributed by atoms with Crippen molar-refractivity contribution in [2.24, 2.45) is 0 Å². The third kappa shape index (κ3) is 4.05. The van der Waals surface area contributed by atoms with Crippen molar-refractivity contribution >= 4 is 33.1 Å². The van der Waals surface area contributed by atoms with Crippen LogP contribution in [0.25, 0.3) is 32.6 Å². The number of nitrogens with two attached hydrogens (primary N) is 1. The Kier molecular flexibility index (Phi) is 5.74. The Morgan fingerprint density at radius 2 is 1.70 bits per heavy atom. The van der Waals surface area contributed by atoms with E-state index in [1.807, 2.05) is 59.5 Å². The second-order valence-corrected chi connectivity index (χ2v) is 9.27. The Bertz CT molecular complexity index is 1290. The highest BCUT2D eigenvalue weighted by molar-refractivity contribution is 7.21. The van der Waals surface area contributed by atoms with Crippen molar-refractivity contribution in [3.05, 3.63) is 65.5 Å². The summed E-state index contributed by atoms with van der Waals surface area (Å²) in [7, 11) is 3.73. The van der Waals surface area contributed by atoms with Crippen LogP contribution >= 0.6 is 11.3 Å². The molecular weight excluding hydrogens is 432 g/mol. The molecule has 1 saturated heterocycles. The highest BCUT2D eigenvalue weighted by Crippen LogP contribution is 2.42. The number of fused-ring (bicyclic) bond motifs is 1. The predicted octanol–water partition coefficient (Wildman–Crippen LogP) is 4.61. The van der Waals surface area contributed by atoms with Crippen molar-refractivity contribution in [1.29, 1.82) is 0 Å². The maximum atomic E-state index is 13.4. The van der Waals surface area contributed by atoms with Crippen LogP contribution in [0.4, 0.5) is 5.69 Å². The van der Waals surface area contributed by atoms with Gasteiger partial charge in [-0.3, -0.25) is 4.79 Å². The number of hydrogen-bond donors (Lipinski definition) is 1. The summed E-state index contributed by atoms with van der Waals surface area (Å²) in [6, 6.07) is 20.0. The van der Waals surface area contributed by atoms with E-state index in [0.29, 0.717) is 23.7 Å². The number of likely N-dealkylation sites (N-methyl/N-ethyl adjacent to an activating group) is 1. The van der Waals surface area contributed by atoms with Gasteiger partial charge < -0.3 is 20.3 Å². The first-order chi connectivity index (χ1) is 16.0. The first-order valence-corrected chi connectivity index (χ1v) is 11.8. The third-order valence-electron chi connectivity index (χ3n) is 6.15. The molecule has 2 N–H and O–H groups in total. The van der Waals surface area contributed by atoms with Gasteiger partial charge in [0.05, 0.1) is 18.5 Å². The van der Waals surface area contributed by atoms with Crippen molar-refractivity contribution in [2.75, 3.05) is 46.1 Å². The summed E-state index contributed by atoms with van der Waals surface area (Å²) in [5, 5.41) is 0.835. The molecule has 7 heteroatoms. The van der Waals surface area contributed by atoms with Gasteiger partial charge in [-0.2, -0.15) is 0 Å². The second kappa shape index (κ2) is 8.84. The van der Waals surface area contributed by atoms with E-state index in [9.17, 15) is 4.79 Å². The van der Waals surface area contributed by atoms with Gasteiger partial charge in [0.1, 0.15) is 15.5 Å². The van der Waals surface area contributed by atoms with Gasteiger partial charge in [-0.15, -0.1) is 11.3 Å². The molecular formula is C26H26N4O2S. The highest BCUT2D eigenvalue weighted by atomic mass is 32.1. The monoisotopic (exact) mass is 458 g/mol. The summed E-state index contributed by atoms with van der Waals surface area (Å²) in [4.78, 5) is 23.8. The molecule has 3 heterocycles. The minimum atomic E-state index is -0.00876. The number of methoxy groups -OCH3 is 1. The summed E-state index contributed by atoms with van der Waals surface area (Å²) < 4.78 is 5.33. The molecule has 0 aliphatic carbocycles. The van der Waals surface area contributed by atoms with Gasteiger partial charge in [-0.25, -0.2) is 4.98 Å². The minimum Gasteiger partial charge on any atom is -0.497 e. The molecule has 2 aromatic heterocycles. The number of piperazine rings is 1. The van der Waals surface area contributed by atoms with Crippen molar-refractivity contribution in [1.82, 2.24) is 14.8 Å². The summed E-state index contributed by atoms with van der Waals surface area (Å²) in [5.41, 5.74) is 11.0. The molecule has 0 saturated carbocycles. The number of ether oxygens (including phenoxy) is 1. The molecule has 0 atom stereocenters. The minimum absolute atomic E-state index is 0.00876. The second-order valence-electron chi connectivity index (χ2n) is 8.27. The van der Waals surface area contributed by atoms with Gasteiger partial charge in [0.2, 0.25) is 0 Å². The number of hydrogen-bond acceptors (Lipinski definition) is 6. The lowest BCUT2D eigenvalue weighted by atomic mass is 9.99. The zero-order valence-electron chi connectivity index (χ0n) is 18.7. The fraction of sp³-hybridized carbons (Fsp3) is 0.231. The third-order valence-corrected chi connectivity index (χ3v) is 7.24. The van der Waals surface area contributed by atoms with Crippen molar-refractivity contribution < 1.29 is 9.53 Å². The SMILES string of the molecule is COc1ccc(-c2cc(-c3ccccc3)nc3sc(C(=O)N4CCN(C)CC4)c(N)c23)cc1. The number of rotatable bonds is 4. The van der Waals surface area contributed by atoms with Crippen LogP contribution in [0.2, 0.25) is 0 Å². The largest absolute Gasteiger partial charge is 0.497 e. The van der Waals surface area contributed by atoms with E-state index < -0.39 is 0 Å². The lowest BCUT2D eigenvalue weighted by molar-refractivity contribution is 0.0670. The zero-order chi connectivity index (χ0) is 22.9. The van der Waals surface area contributed by atoms with E-state index in [1.165, 1.54) is 11.3 Å². The Labute approximate surface area is 197 Å². The number of carbonyl (C=O) groups excluding carboxylic acids is 1. The molecule has 0 unspecified atom stereocenters. The molecule has 0 spiro atoms. The molecule has 1 aliphatic heterocycles. The number of pyridine rings is 1. The fourth-order valence-corrected chi connectivity index (χ4v) is 5.28. The van der Waals surface area contributed by atoms with E-state index >= 15 is 0 Å². The molecule has 1 fully saturated rings. The summed E-state index contributed by atoms with van der Waals surface area (Å²) in [5.74, 6) is 0.780. The van der Waals surface area contributed by atoms with E-state index in [-0.39, 0.29) is 5.91 Å². The molecule has 168 valence electrons. The van der Waals surface area contributed by atoms with E-state index in [1.54, 1.807) is 7.11 Å². The first kappa shape index (κ1) is 21.4. The molecule has 1 aliphatic rings. The Hall–Kier alpha value is -3.42.